The maximum atomic E-state index is 11.9. The van der Waals surface area contributed by atoms with Crippen molar-refractivity contribution in [2.45, 2.75) is 13.0 Å². The molecule has 23 heavy (non-hydrogen) atoms. The normalized spacial score (nSPS) is 11.6. The molecule has 120 valence electrons. The zero-order chi connectivity index (χ0) is 16.8. The maximum Gasteiger partial charge on any atom is 0.340 e. The van der Waals surface area contributed by atoms with Gasteiger partial charge in [0.25, 0.3) is 5.91 Å². The van der Waals surface area contributed by atoms with Gasteiger partial charge in [-0.25, -0.2) is 4.79 Å². The van der Waals surface area contributed by atoms with Gasteiger partial charge in [0.05, 0.1) is 11.6 Å². The van der Waals surface area contributed by atoms with Gasteiger partial charge in [-0.3, -0.25) is 4.79 Å². The van der Waals surface area contributed by atoms with Crippen LogP contribution in [0, 0.1) is 0 Å². The summed E-state index contributed by atoms with van der Waals surface area (Å²) in [5, 5.41) is 3.18. The van der Waals surface area contributed by atoms with E-state index < -0.39 is 5.97 Å². The fraction of sp³-hybridized carbons (Fsp3) is 0.176. The highest BCUT2D eigenvalue weighted by Gasteiger charge is 2.15. The van der Waals surface area contributed by atoms with E-state index in [2.05, 4.69) is 5.32 Å². The van der Waals surface area contributed by atoms with E-state index in [4.69, 9.17) is 22.1 Å². The first kappa shape index (κ1) is 16.8. The van der Waals surface area contributed by atoms with E-state index in [0.717, 1.165) is 5.56 Å². The van der Waals surface area contributed by atoms with Crippen LogP contribution in [0.3, 0.4) is 0 Å². The van der Waals surface area contributed by atoms with E-state index in [1.807, 2.05) is 37.3 Å². The molecule has 0 saturated heterocycles. The van der Waals surface area contributed by atoms with E-state index in [9.17, 15) is 9.59 Å². The van der Waals surface area contributed by atoms with Crippen LogP contribution < -0.4 is 11.1 Å². The Hall–Kier alpha value is -2.53. The lowest BCUT2D eigenvalue weighted by Gasteiger charge is -2.14. The topological polar surface area (TPSA) is 81.4 Å². The molecule has 2 aromatic rings. The second kappa shape index (κ2) is 7.65. The van der Waals surface area contributed by atoms with Gasteiger partial charge in [-0.15, -0.1) is 0 Å². The molecule has 0 heterocycles. The number of benzene rings is 2. The van der Waals surface area contributed by atoms with Gasteiger partial charge in [0, 0.05) is 10.7 Å². The fourth-order valence-corrected chi connectivity index (χ4v) is 2.22. The SMILES string of the molecule is C[C@H](NC(=O)COC(=O)c1ccc(Cl)cc1N)c1ccccc1. The van der Waals surface area contributed by atoms with Gasteiger partial charge in [-0.1, -0.05) is 41.9 Å². The third kappa shape index (κ3) is 4.72. The van der Waals surface area contributed by atoms with E-state index in [1.165, 1.54) is 18.2 Å². The van der Waals surface area contributed by atoms with E-state index in [1.54, 1.807) is 0 Å². The number of hydrogen-bond donors (Lipinski definition) is 2. The van der Waals surface area contributed by atoms with Crippen LogP contribution in [-0.2, 0) is 9.53 Å². The number of anilines is 1. The second-order valence-corrected chi connectivity index (χ2v) is 5.44. The van der Waals surface area contributed by atoms with Crippen molar-refractivity contribution < 1.29 is 14.3 Å². The monoisotopic (exact) mass is 332 g/mol. The highest BCUT2D eigenvalue weighted by molar-refractivity contribution is 6.31. The Kier molecular flexibility index (Phi) is 5.60. The molecule has 0 bridgehead atoms. The van der Waals surface area contributed by atoms with Crippen molar-refractivity contribution in [3.05, 3.63) is 64.7 Å². The fourth-order valence-electron chi connectivity index (χ4n) is 2.04. The number of carbonyl (C=O) groups is 2. The summed E-state index contributed by atoms with van der Waals surface area (Å²) in [7, 11) is 0. The van der Waals surface area contributed by atoms with Crippen LogP contribution in [0.5, 0.6) is 0 Å². The summed E-state index contributed by atoms with van der Waals surface area (Å²) in [5.41, 5.74) is 7.05. The molecule has 0 aliphatic carbocycles. The number of ether oxygens (including phenoxy) is 1. The molecule has 0 aromatic heterocycles. The molecule has 0 saturated carbocycles. The molecule has 6 heteroatoms. The number of nitrogens with two attached hydrogens (primary N) is 1. The first-order valence-corrected chi connectivity index (χ1v) is 7.41. The van der Waals surface area contributed by atoms with Crippen molar-refractivity contribution in [2.75, 3.05) is 12.3 Å². The number of nitrogens with one attached hydrogen (secondary N) is 1. The number of rotatable bonds is 5. The molecule has 5 nitrogen and oxygen atoms in total. The van der Waals surface area contributed by atoms with Gasteiger partial charge in [0.15, 0.2) is 6.61 Å². The highest BCUT2D eigenvalue weighted by Crippen LogP contribution is 2.18. The zero-order valence-electron chi connectivity index (χ0n) is 12.6. The summed E-state index contributed by atoms with van der Waals surface area (Å²) in [6, 6.07) is 13.8. The molecular weight excluding hydrogens is 316 g/mol. The first-order valence-electron chi connectivity index (χ1n) is 7.04. The average Bonchev–Trinajstić information content (AvgIpc) is 2.53. The van der Waals surface area contributed by atoms with E-state index in [-0.39, 0.29) is 29.8 Å². The molecule has 1 atom stereocenters. The van der Waals surface area contributed by atoms with Gasteiger partial charge in [0.2, 0.25) is 0 Å². The summed E-state index contributed by atoms with van der Waals surface area (Å²) in [5.74, 6) is -1.05. The molecule has 0 aliphatic rings. The third-order valence-corrected chi connectivity index (χ3v) is 3.48. The molecule has 0 spiro atoms. The Labute approximate surface area is 139 Å². The Morgan fingerprint density at radius 2 is 1.91 bits per heavy atom. The van der Waals surface area contributed by atoms with Gasteiger partial charge in [0.1, 0.15) is 0 Å². The third-order valence-electron chi connectivity index (χ3n) is 3.24. The maximum absolute atomic E-state index is 11.9. The van der Waals surface area contributed by atoms with E-state index >= 15 is 0 Å². The Morgan fingerprint density at radius 3 is 2.57 bits per heavy atom. The average molecular weight is 333 g/mol. The lowest BCUT2D eigenvalue weighted by Crippen LogP contribution is -2.31. The van der Waals surface area contributed by atoms with Crippen molar-refractivity contribution in [1.82, 2.24) is 5.32 Å². The van der Waals surface area contributed by atoms with Crippen LogP contribution in [0.1, 0.15) is 28.9 Å². The van der Waals surface area contributed by atoms with Crippen LogP contribution >= 0.6 is 11.6 Å². The molecule has 1 amide bonds. The minimum absolute atomic E-state index is 0.178. The standard InChI is InChI=1S/C17H17ClN2O3/c1-11(12-5-3-2-4-6-12)20-16(21)10-23-17(22)14-8-7-13(18)9-15(14)19/h2-9,11H,10,19H2,1H3,(H,20,21)/t11-/m0/s1. The number of amides is 1. The molecule has 2 rings (SSSR count). The van der Waals surface area contributed by atoms with E-state index in [0.29, 0.717) is 5.02 Å². The molecule has 0 fully saturated rings. The van der Waals surface area contributed by atoms with Gasteiger partial charge in [-0.05, 0) is 30.7 Å². The van der Waals surface area contributed by atoms with Crippen molar-refractivity contribution in [1.29, 1.82) is 0 Å². The van der Waals surface area contributed by atoms with Crippen LogP contribution in [-0.4, -0.2) is 18.5 Å². The van der Waals surface area contributed by atoms with Crippen molar-refractivity contribution in [3.8, 4) is 0 Å². The molecular formula is C17H17ClN2O3. The molecule has 0 unspecified atom stereocenters. The summed E-state index contributed by atoms with van der Waals surface area (Å²) in [4.78, 5) is 23.8. The lowest BCUT2D eigenvalue weighted by atomic mass is 10.1. The minimum Gasteiger partial charge on any atom is -0.452 e. The summed E-state index contributed by atoms with van der Waals surface area (Å²) in [6.45, 7) is 1.48. The molecule has 0 aliphatic heterocycles. The molecule has 2 aromatic carbocycles. The first-order chi connectivity index (χ1) is 11.0. The van der Waals surface area contributed by atoms with Crippen molar-refractivity contribution in [2.24, 2.45) is 0 Å². The van der Waals surface area contributed by atoms with Gasteiger partial charge in [-0.2, -0.15) is 0 Å². The number of nitrogen functional groups attached to an aromatic ring is 1. The summed E-state index contributed by atoms with van der Waals surface area (Å²) >= 11 is 5.77. The van der Waals surface area contributed by atoms with Crippen molar-refractivity contribution in [3.63, 3.8) is 0 Å². The summed E-state index contributed by atoms with van der Waals surface area (Å²) < 4.78 is 4.97. The van der Waals surface area contributed by atoms with Gasteiger partial charge < -0.3 is 15.8 Å². The molecule has 3 N–H and O–H groups in total. The second-order valence-electron chi connectivity index (χ2n) is 5.01. The number of carbonyl (C=O) groups excluding carboxylic acids is 2. The largest absolute Gasteiger partial charge is 0.452 e. The quantitative estimate of drug-likeness (QED) is 0.651. The predicted octanol–water partition coefficient (Wildman–Crippen LogP) is 2.96. The Morgan fingerprint density at radius 1 is 1.22 bits per heavy atom. The number of halogens is 1. The smallest absolute Gasteiger partial charge is 0.340 e. The van der Waals surface area contributed by atoms with Crippen molar-refractivity contribution >= 4 is 29.2 Å². The van der Waals surface area contributed by atoms with Gasteiger partial charge >= 0.3 is 5.97 Å². The zero-order valence-corrected chi connectivity index (χ0v) is 13.3. The number of esters is 1. The Bertz CT molecular complexity index is 704. The summed E-state index contributed by atoms with van der Waals surface area (Å²) in [6.07, 6.45) is 0. The highest BCUT2D eigenvalue weighted by atomic mass is 35.5. The molecule has 0 radical (unpaired) electrons. The van der Waals surface area contributed by atoms with Crippen LogP contribution in [0.2, 0.25) is 5.02 Å². The predicted molar refractivity (Wildman–Crippen MR) is 89.1 cm³/mol. The van der Waals surface area contributed by atoms with Crippen LogP contribution in [0.15, 0.2) is 48.5 Å². The van der Waals surface area contributed by atoms with Crippen LogP contribution in [0.4, 0.5) is 5.69 Å². The Balaban J connectivity index is 1.88. The minimum atomic E-state index is -0.665. The number of hydrogen-bond acceptors (Lipinski definition) is 4. The lowest BCUT2D eigenvalue weighted by molar-refractivity contribution is -0.124. The van der Waals surface area contributed by atoms with Crippen LogP contribution in [0.25, 0.3) is 0 Å².